The highest BCUT2D eigenvalue weighted by molar-refractivity contribution is 7.89. The average Bonchev–Trinajstić information content (AvgIpc) is 3.26. The number of hydrogen-bond acceptors (Lipinski definition) is 5. The van der Waals surface area contributed by atoms with Crippen LogP contribution in [0, 0.1) is 0 Å². The maximum absolute atomic E-state index is 12.9. The highest BCUT2D eigenvalue weighted by Gasteiger charge is 2.21. The van der Waals surface area contributed by atoms with E-state index in [-0.39, 0.29) is 28.3 Å². The first-order chi connectivity index (χ1) is 15.8. The van der Waals surface area contributed by atoms with Crippen LogP contribution in [0.25, 0.3) is 0 Å². The summed E-state index contributed by atoms with van der Waals surface area (Å²) in [4.78, 5) is 12.8. The summed E-state index contributed by atoms with van der Waals surface area (Å²) in [6.07, 6.45) is 1.38. The maximum Gasteiger partial charge on any atom is 0.257 e. The molecule has 1 unspecified atom stereocenters. The van der Waals surface area contributed by atoms with Gasteiger partial charge in [0.25, 0.3) is 5.91 Å². The SMILES string of the molecule is CC(CCc1ccccc1)NS(=O)(=O)c1ccc(Cl)c(C(=O)Nc2ccc3c(c2)OCO3)c1. The number of halogens is 1. The number of carbonyl (C=O) groups is 1. The van der Waals surface area contributed by atoms with Gasteiger partial charge in [-0.25, -0.2) is 13.1 Å². The topological polar surface area (TPSA) is 93.7 Å². The van der Waals surface area contributed by atoms with E-state index in [1.807, 2.05) is 37.3 Å². The molecule has 0 saturated carbocycles. The van der Waals surface area contributed by atoms with Crippen LogP contribution in [0.2, 0.25) is 5.02 Å². The Bertz CT molecular complexity index is 1270. The first-order valence-electron chi connectivity index (χ1n) is 10.4. The van der Waals surface area contributed by atoms with Gasteiger partial charge < -0.3 is 14.8 Å². The summed E-state index contributed by atoms with van der Waals surface area (Å²) in [5.74, 6) is 0.573. The third kappa shape index (κ3) is 5.65. The average molecular weight is 487 g/mol. The predicted octanol–water partition coefficient (Wildman–Crippen LogP) is 4.62. The zero-order valence-electron chi connectivity index (χ0n) is 17.9. The fourth-order valence-corrected chi connectivity index (χ4v) is 4.95. The number of sulfonamides is 1. The van der Waals surface area contributed by atoms with E-state index < -0.39 is 15.9 Å². The number of fused-ring (bicyclic) bond motifs is 1. The van der Waals surface area contributed by atoms with E-state index in [2.05, 4.69) is 10.0 Å². The Balaban J connectivity index is 1.45. The molecule has 0 bridgehead atoms. The Morgan fingerprint density at radius 1 is 1.03 bits per heavy atom. The molecule has 3 aromatic rings. The number of aryl methyl sites for hydroxylation is 1. The van der Waals surface area contributed by atoms with Gasteiger partial charge in [-0.3, -0.25) is 4.79 Å². The van der Waals surface area contributed by atoms with Gasteiger partial charge in [0.2, 0.25) is 16.8 Å². The van der Waals surface area contributed by atoms with Gasteiger partial charge in [-0.05, 0) is 55.7 Å². The van der Waals surface area contributed by atoms with Crippen molar-refractivity contribution in [3.8, 4) is 11.5 Å². The zero-order valence-corrected chi connectivity index (χ0v) is 19.4. The number of nitrogens with one attached hydrogen (secondary N) is 2. The summed E-state index contributed by atoms with van der Waals surface area (Å²) in [5.41, 5.74) is 1.66. The normalized spacial score (nSPS) is 13.5. The van der Waals surface area contributed by atoms with Gasteiger partial charge in [0.15, 0.2) is 11.5 Å². The Kier molecular flexibility index (Phi) is 6.88. The lowest BCUT2D eigenvalue weighted by Gasteiger charge is -2.15. The van der Waals surface area contributed by atoms with Gasteiger partial charge in [0, 0.05) is 17.8 Å². The summed E-state index contributed by atoms with van der Waals surface area (Å²) >= 11 is 6.20. The second kappa shape index (κ2) is 9.82. The van der Waals surface area contributed by atoms with Crippen LogP contribution in [0.4, 0.5) is 5.69 Å². The molecule has 1 heterocycles. The third-order valence-corrected chi connectivity index (χ3v) is 7.11. The van der Waals surface area contributed by atoms with Gasteiger partial charge >= 0.3 is 0 Å². The minimum atomic E-state index is -3.84. The fourth-order valence-electron chi connectivity index (χ4n) is 3.44. The van der Waals surface area contributed by atoms with Crippen molar-refractivity contribution < 1.29 is 22.7 Å². The largest absolute Gasteiger partial charge is 0.454 e. The molecule has 3 aromatic carbocycles. The quantitative estimate of drug-likeness (QED) is 0.484. The van der Waals surface area contributed by atoms with E-state index in [1.54, 1.807) is 18.2 Å². The van der Waals surface area contributed by atoms with Gasteiger partial charge in [-0.2, -0.15) is 0 Å². The van der Waals surface area contributed by atoms with Crippen molar-refractivity contribution in [3.63, 3.8) is 0 Å². The molecule has 172 valence electrons. The number of benzene rings is 3. The molecular weight excluding hydrogens is 464 g/mol. The molecule has 0 aliphatic carbocycles. The Hall–Kier alpha value is -3.07. The smallest absolute Gasteiger partial charge is 0.257 e. The van der Waals surface area contributed by atoms with Crippen LogP contribution in [0.15, 0.2) is 71.6 Å². The zero-order chi connectivity index (χ0) is 23.4. The monoisotopic (exact) mass is 486 g/mol. The molecule has 0 saturated heterocycles. The molecule has 0 spiro atoms. The summed E-state index contributed by atoms with van der Waals surface area (Å²) in [6.45, 7) is 1.93. The van der Waals surface area contributed by atoms with E-state index in [4.69, 9.17) is 21.1 Å². The van der Waals surface area contributed by atoms with E-state index in [1.165, 1.54) is 18.2 Å². The molecule has 9 heteroatoms. The fraction of sp³-hybridized carbons (Fsp3) is 0.208. The molecule has 7 nitrogen and oxygen atoms in total. The van der Waals surface area contributed by atoms with Crippen molar-refractivity contribution in [2.45, 2.75) is 30.7 Å². The molecule has 1 atom stereocenters. The maximum atomic E-state index is 12.9. The third-order valence-electron chi connectivity index (χ3n) is 5.19. The van der Waals surface area contributed by atoms with Crippen LogP contribution in [-0.4, -0.2) is 27.2 Å². The first kappa shape index (κ1) is 23.1. The number of anilines is 1. The molecule has 1 aliphatic rings. The van der Waals surface area contributed by atoms with Crippen molar-refractivity contribution in [1.82, 2.24) is 4.72 Å². The number of hydrogen-bond donors (Lipinski definition) is 2. The lowest BCUT2D eigenvalue weighted by molar-refractivity contribution is 0.102. The van der Waals surface area contributed by atoms with Gasteiger partial charge in [0.1, 0.15) is 0 Å². The number of ether oxygens (including phenoxy) is 2. The van der Waals surface area contributed by atoms with Gasteiger partial charge in [-0.1, -0.05) is 41.9 Å². The van der Waals surface area contributed by atoms with Crippen LogP contribution in [0.3, 0.4) is 0 Å². The van der Waals surface area contributed by atoms with Crippen LogP contribution in [0.5, 0.6) is 11.5 Å². The van der Waals surface area contributed by atoms with E-state index in [0.717, 1.165) is 12.0 Å². The lowest BCUT2D eigenvalue weighted by atomic mass is 10.1. The molecule has 33 heavy (non-hydrogen) atoms. The Morgan fingerprint density at radius 3 is 2.58 bits per heavy atom. The molecule has 0 fully saturated rings. The van der Waals surface area contributed by atoms with Crippen molar-refractivity contribution in [1.29, 1.82) is 0 Å². The van der Waals surface area contributed by atoms with Gasteiger partial charge in [0.05, 0.1) is 15.5 Å². The van der Waals surface area contributed by atoms with Crippen molar-refractivity contribution in [2.75, 3.05) is 12.1 Å². The first-order valence-corrected chi connectivity index (χ1v) is 12.2. The molecular formula is C24H23ClN2O5S. The molecule has 2 N–H and O–H groups in total. The molecule has 0 radical (unpaired) electrons. The highest BCUT2D eigenvalue weighted by Crippen LogP contribution is 2.34. The molecule has 0 aromatic heterocycles. The standard InChI is InChI=1S/C24H23ClN2O5S/c1-16(7-8-17-5-3-2-4-6-17)27-33(29,30)19-10-11-21(25)20(14-19)24(28)26-18-9-12-22-23(13-18)32-15-31-22/h2-6,9-14,16,27H,7-8,15H2,1H3,(H,26,28). The van der Waals surface area contributed by atoms with Crippen LogP contribution < -0.4 is 19.5 Å². The van der Waals surface area contributed by atoms with E-state index in [0.29, 0.717) is 23.6 Å². The lowest BCUT2D eigenvalue weighted by Crippen LogP contribution is -2.33. The molecule has 1 aliphatic heterocycles. The Labute approximate surface area is 197 Å². The van der Waals surface area contributed by atoms with Crippen LogP contribution >= 0.6 is 11.6 Å². The number of amides is 1. The number of rotatable bonds is 8. The highest BCUT2D eigenvalue weighted by atomic mass is 35.5. The molecule has 4 rings (SSSR count). The van der Waals surface area contributed by atoms with Crippen LogP contribution in [-0.2, 0) is 16.4 Å². The van der Waals surface area contributed by atoms with E-state index in [9.17, 15) is 13.2 Å². The van der Waals surface area contributed by atoms with E-state index >= 15 is 0 Å². The minimum absolute atomic E-state index is 0.0331. The second-order valence-corrected chi connectivity index (χ2v) is 9.83. The van der Waals surface area contributed by atoms with Crippen molar-refractivity contribution in [2.24, 2.45) is 0 Å². The Morgan fingerprint density at radius 2 is 1.79 bits per heavy atom. The van der Waals surface area contributed by atoms with Crippen molar-refractivity contribution in [3.05, 3.63) is 82.9 Å². The predicted molar refractivity (Wildman–Crippen MR) is 127 cm³/mol. The van der Waals surface area contributed by atoms with Crippen molar-refractivity contribution >= 4 is 33.2 Å². The summed E-state index contributed by atoms with van der Waals surface area (Å²) in [7, 11) is -3.84. The second-order valence-electron chi connectivity index (χ2n) is 7.71. The summed E-state index contributed by atoms with van der Waals surface area (Å²) in [6, 6.07) is 18.6. The van der Waals surface area contributed by atoms with Crippen LogP contribution in [0.1, 0.15) is 29.3 Å². The minimum Gasteiger partial charge on any atom is -0.454 e. The summed E-state index contributed by atoms with van der Waals surface area (Å²) < 4.78 is 39.1. The molecule has 1 amide bonds. The van der Waals surface area contributed by atoms with Gasteiger partial charge in [-0.15, -0.1) is 0 Å². The number of carbonyl (C=O) groups excluding carboxylic acids is 1. The summed E-state index contributed by atoms with van der Waals surface area (Å²) in [5, 5.41) is 2.86.